The van der Waals surface area contributed by atoms with Crippen molar-refractivity contribution in [3.63, 3.8) is 0 Å². The molecule has 0 radical (unpaired) electrons. The van der Waals surface area contributed by atoms with Gasteiger partial charge in [0.25, 0.3) is 0 Å². The third-order valence-corrected chi connectivity index (χ3v) is 3.47. The highest BCUT2D eigenvalue weighted by Crippen LogP contribution is 2.24. The van der Waals surface area contributed by atoms with E-state index < -0.39 is 9.85 Å². The van der Waals surface area contributed by atoms with Crippen molar-refractivity contribution in [2.24, 2.45) is 0 Å². The molecule has 2 aromatic heterocycles. The van der Waals surface area contributed by atoms with Crippen molar-refractivity contribution < 1.29 is 14.6 Å². The van der Waals surface area contributed by atoms with Crippen molar-refractivity contribution in [2.75, 3.05) is 25.1 Å². The molecule has 146 valence electrons. The van der Waals surface area contributed by atoms with Crippen LogP contribution in [0.4, 0.5) is 17.2 Å². The van der Waals surface area contributed by atoms with Gasteiger partial charge in [-0.3, -0.25) is 20.2 Å². The van der Waals surface area contributed by atoms with Crippen LogP contribution in [0.15, 0.2) is 24.3 Å². The van der Waals surface area contributed by atoms with Gasteiger partial charge in [-0.2, -0.15) is 0 Å². The van der Waals surface area contributed by atoms with Crippen LogP contribution in [0.5, 0.6) is 0 Å². The van der Waals surface area contributed by atoms with Crippen LogP contribution in [0.25, 0.3) is 0 Å². The number of pyridine rings is 2. The van der Waals surface area contributed by atoms with E-state index in [1.54, 1.807) is 0 Å². The molecule has 0 saturated heterocycles. The molecular formula is C14H14Cl3N5O5. The highest BCUT2D eigenvalue weighted by Gasteiger charge is 2.15. The average Bonchev–Trinajstić information content (AvgIpc) is 2.58. The lowest BCUT2D eigenvalue weighted by Gasteiger charge is -2.06. The van der Waals surface area contributed by atoms with Gasteiger partial charge in [0.2, 0.25) is 11.0 Å². The third kappa shape index (κ3) is 7.87. The second-order valence-electron chi connectivity index (χ2n) is 4.58. The van der Waals surface area contributed by atoms with Crippen LogP contribution in [0.2, 0.25) is 15.5 Å². The third-order valence-electron chi connectivity index (χ3n) is 2.77. The van der Waals surface area contributed by atoms with Crippen molar-refractivity contribution in [1.82, 2.24) is 9.97 Å². The Morgan fingerprint density at radius 2 is 1.56 bits per heavy atom. The number of aromatic nitrogens is 2. The fourth-order valence-corrected chi connectivity index (χ4v) is 2.19. The van der Waals surface area contributed by atoms with E-state index in [1.165, 1.54) is 24.3 Å². The minimum absolute atomic E-state index is 0.0964. The van der Waals surface area contributed by atoms with E-state index >= 15 is 0 Å². The van der Waals surface area contributed by atoms with Crippen molar-refractivity contribution >= 4 is 52.0 Å². The Morgan fingerprint density at radius 3 is 2.07 bits per heavy atom. The second-order valence-corrected chi connectivity index (χ2v) is 5.72. The fourth-order valence-electron chi connectivity index (χ4n) is 1.63. The van der Waals surface area contributed by atoms with Gasteiger partial charge >= 0.3 is 11.4 Å². The Kier molecular flexibility index (Phi) is 9.65. The molecule has 2 aromatic rings. The molecule has 27 heavy (non-hydrogen) atoms. The van der Waals surface area contributed by atoms with Crippen LogP contribution >= 0.6 is 34.8 Å². The summed E-state index contributed by atoms with van der Waals surface area (Å²) in [7, 11) is 0. The molecule has 0 bridgehead atoms. The zero-order valence-corrected chi connectivity index (χ0v) is 16.2. The number of nitro groups is 2. The quantitative estimate of drug-likeness (QED) is 0.291. The second kappa shape index (κ2) is 11.4. The summed E-state index contributed by atoms with van der Waals surface area (Å²) in [5, 5.41) is 23.8. The number of nitrogens with one attached hydrogen (secondary N) is 1. The lowest BCUT2D eigenvalue weighted by molar-refractivity contribution is -0.385. The lowest BCUT2D eigenvalue weighted by atomic mass is 10.4. The van der Waals surface area contributed by atoms with Gasteiger partial charge in [-0.25, -0.2) is 9.97 Å². The fraction of sp³-hybridized carbons (Fsp3) is 0.286. The van der Waals surface area contributed by atoms with E-state index in [-0.39, 0.29) is 32.7 Å². The van der Waals surface area contributed by atoms with Gasteiger partial charge in [-0.1, -0.05) is 34.8 Å². The molecule has 0 aliphatic rings. The van der Waals surface area contributed by atoms with Crippen LogP contribution < -0.4 is 5.32 Å². The Hall–Kier alpha value is -2.27. The number of ether oxygens (including phenoxy) is 1. The van der Waals surface area contributed by atoms with Gasteiger partial charge in [0.15, 0.2) is 0 Å². The molecule has 0 saturated carbocycles. The molecule has 0 aromatic carbocycles. The highest BCUT2D eigenvalue weighted by molar-refractivity contribution is 6.33. The van der Waals surface area contributed by atoms with Crippen LogP contribution in [-0.2, 0) is 4.74 Å². The number of hydrogen-bond acceptors (Lipinski definition) is 8. The monoisotopic (exact) mass is 437 g/mol. The zero-order valence-electron chi connectivity index (χ0n) is 13.9. The molecule has 0 atom stereocenters. The summed E-state index contributed by atoms with van der Waals surface area (Å²) >= 11 is 16.4. The Morgan fingerprint density at radius 1 is 1.00 bits per heavy atom. The Balaban J connectivity index is 0.000000289. The predicted molar refractivity (Wildman–Crippen MR) is 102 cm³/mol. The van der Waals surface area contributed by atoms with Gasteiger partial charge in [-0.15, -0.1) is 0 Å². The van der Waals surface area contributed by atoms with Gasteiger partial charge in [0.1, 0.15) is 10.3 Å². The number of hydrogen-bond donors (Lipinski definition) is 1. The number of nitrogens with zero attached hydrogens (tertiary/aromatic N) is 4. The molecule has 1 N–H and O–H groups in total. The first-order chi connectivity index (χ1) is 12.8. The van der Waals surface area contributed by atoms with Crippen LogP contribution in [-0.4, -0.2) is 39.6 Å². The molecular weight excluding hydrogens is 425 g/mol. The summed E-state index contributed by atoms with van der Waals surface area (Å²) in [4.78, 5) is 27.1. The summed E-state index contributed by atoms with van der Waals surface area (Å²) in [6.45, 7) is 3.39. The summed E-state index contributed by atoms with van der Waals surface area (Å²) in [5.74, 6) is 0.164. The molecule has 0 fully saturated rings. The van der Waals surface area contributed by atoms with Gasteiger partial charge in [0, 0.05) is 25.3 Å². The summed E-state index contributed by atoms with van der Waals surface area (Å²) in [6, 6.07) is 5.22. The van der Waals surface area contributed by atoms with Crippen LogP contribution in [0.1, 0.15) is 6.92 Å². The van der Waals surface area contributed by atoms with E-state index in [2.05, 4.69) is 15.3 Å². The van der Waals surface area contributed by atoms with E-state index in [9.17, 15) is 20.2 Å². The minimum atomic E-state index is -0.619. The van der Waals surface area contributed by atoms with E-state index in [1.807, 2.05) is 6.92 Å². The maximum atomic E-state index is 10.7. The highest BCUT2D eigenvalue weighted by atomic mass is 35.5. The smallest absolute Gasteiger partial charge is 0.311 e. The zero-order chi connectivity index (χ0) is 20.4. The number of halogens is 3. The molecule has 2 heterocycles. The van der Waals surface area contributed by atoms with Crippen LogP contribution in [0, 0.1) is 20.2 Å². The summed E-state index contributed by atoms with van der Waals surface area (Å²) < 4.78 is 5.09. The van der Waals surface area contributed by atoms with E-state index in [0.29, 0.717) is 19.8 Å². The van der Waals surface area contributed by atoms with E-state index in [4.69, 9.17) is 39.5 Å². The lowest BCUT2D eigenvalue weighted by Crippen LogP contribution is -2.11. The van der Waals surface area contributed by atoms with Crippen molar-refractivity contribution in [2.45, 2.75) is 6.92 Å². The first-order valence-corrected chi connectivity index (χ1v) is 8.48. The first kappa shape index (κ1) is 22.8. The predicted octanol–water partition coefficient (Wildman–Crippen LogP) is 4.39. The SMILES string of the molecule is CCOCCNc1nc(Cl)ccc1[N+](=O)[O-].O=[N+]([O-])c1ccc(Cl)nc1Cl. The first-order valence-electron chi connectivity index (χ1n) is 7.35. The Bertz CT molecular complexity index is 809. The molecule has 0 aliphatic carbocycles. The summed E-state index contributed by atoms with van der Waals surface area (Å²) in [6.07, 6.45) is 0. The van der Waals surface area contributed by atoms with Crippen LogP contribution in [0.3, 0.4) is 0 Å². The van der Waals surface area contributed by atoms with Gasteiger partial charge < -0.3 is 10.1 Å². The standard InChI is InChI=1S/C9H12ClN3O3.C5H2Cl2N2O2/c1-2-16-6-5-11-9-7(13(14)15)3-4-8(10)12-9;6-4-2-1-3(9(10)11)5(7)8-4/h3-4H,2,5-6H2,1H3,(H,11,12);1-2H. The number of rotatable bonds is 7. The maximum absolute atomic E-state index is 10.7. The molecule has 13 heteroatoms. The Labute approximate surface area is 168 Å². The van der Waals surface area contributed by atoms with Gasteiger partial charge in [0.05, 0.1) is 16.5 Å². The molecule has 2 rings (SSSR count). The maximum Gasteiger partial charge on any atom is 0.311 e. The normalized spacial score (nSPS) is 9.93. The van der Waals surface area contributed by atoms with Gasteiger partial charge in [-0.05, 0) is 19.1 Å². The summed E-state index contributed by atoms with van der Waals surface area (Å²) in [5.41, 5.74) is -0.336. The van der Waals surface area contributed by atoms with Crippen molar-refractivity contribution in [3.05, 3.63) is 60.0 Å². The van der Waals surface area contributed by atoms with Crippen molar-refractivity contribution in [3.8, 4) is 0 Å². The molecule has 10 nitrogen and oxygen atoms in total. The topological polar surface area (TPSA) is 133 Å². The molecule has 0 aliphatic heterocycles. The number of anilines is 1. The largest absolute Gasteiger partial charge is 0.380 e. The minimum Gasteiger partial charge on any atom is -0.380 e. The molecule has 0 unspecified atom stereocenters. The molecule has 0 spiro atoms. The molecule has 0 amide bonds. The average molecular weight is 439 g/mol. The van der Waals surface area contributed by atoms with Crippen molar-refractivity contribution in [1.29, 1.82) is 0 Å². The van der Waals surface area contributed by atoms with E-state index in [0.717, 1.165) is 0 Å².